The molecule has 1 amide bonds. The van der Waals surface area contributed by atoms with Crippen molar-refractivity contribution in [3.63, 3.8) is 0 Å². The first-order chi connectivity index (χ1) is 17.1. The zero-order valence-corrected chi connectivity index (χ0v) is 21.3. The number of fused-ring (bicyclic) bond motifs is 1. The van der Waals surface area contributed by atoms with Crippen molar-refractivity contribution in [2.45, 2.75) is 43.7 Å². The van der Waals surface area contributed by atoms with Crippen molar-refractivity contribution in [3.8, 4) is 11.5 Å². The third-order valence-electron chi connectivity index (χ3n) is 6.43. The quantitative estimate of drug-likeness (QED) is 0.391. The number of morpholine rings is 1. The van der Waals surface area contributed by atoms with E-state index in [4.69, 9.17) is 14.2 Å². The van der Waals surface area contributed by atoms with Gasteiger partial charge in [-0.05, 0) is 44.2 Å². The molecule has 0 radical (unpaired) electrons. The van der Waals surface area contributed by atoms with Crippen molar-refractivity contribution in [2.75, 3.05) is 58.1 Å². The number of anilines is 1. The molecule has 1 N–H and O–H groups in total. The minimum Gasteiger partial charge on any atom is -0.497 e. The summed E-state index contributed by atoms with van der Waals surface area (Å²) in [5, 5.41) is 3.56. The lowest BCUT2D eigenvalue weighted by Gasteiger charge is -2.27. The van der Waals surface area contributed by atoms with E-state index in [9.17, 15) is 9.59 Å². The summed E-state index contributed by atoms with van der Waals surface area (Å²) in [4.78, 5) is 32.5. The fraction of sp³-hybridized carbons (Fsp3) is 0.560. The molecule has 1 aromatic carbocycles. The average molecular weight is 503 g/mol. The maximum Gasteiger partial charge on any atom is 0.348 e. The molecule has 2 aliphatic rings. The summed E-state index contributed by atoms with van der Waals surface area (Å²) in [5.41, 5.74) is 2.54. The Labute approximate surface area is 210 Å². The normalized spacial score (nSPS) is 15.9. The molecule has 1 aromatic heterocycles. The molecule has 0 unspecified atom stereocenters. The summed E-state index contributed by atoms with van der Waals surface area (Å²) in [6.07, 6.45) is 4.82. The highest BCUT2D eigenvalue weighted by Gasteiger charge is 2.21. The molecule has 0 atom stereocenters. The number of amides is 1. The van der Waals surface area contributed by atoms with Gasteiger partial charge >= 0.3 is 5.69 Å². The number of hydrogen-bond acceptors (Lipinski definition) is 8. The van der Waals surface area contributed by atoms with Crippen LogP contribution in [0.4, 0.5) is 5.69 Å². The molecule has 1 aliphatic heterocycles. The van der Waals surface area contributed by atoms with E-state index in [2.05, 4.69) is 15.2 Å². The molecule has 1 fully saturated rings. The molecule has 9 nitrogen and oxygen atoms in total. The fourth-order valence-corrected chi connectivity index (χ4v) is 5.48. The third-order valence-corrected chi connectivity index (χ3v) is 7.45. The molecule has 1 aliphatic carbocycles. The van der Waals surface area contributed by atoms with Gasteiger partial charge in [-0.25, -0.2) is 4.79 Å². The maximum absolute atomic E-state index is 13.0. The van der Waals surface area contributed by atoms with Crippen LogP contribution >= 0.6 is 11.8 Å². The van der Waals surface area contributed by atoms with Crippen molar-refractivity contribution in [1.29, 1.82) is 0 Å². The molecule has 4 rings (SSSR count). The number of hydrogen-bond donors (Lipinski definition) is 1. The molecule has 10 heteroatoms. The Kier molecular flexibility index (Phi) is 9.06. The van der Waals surface area contributed by atoms with E-state index in [1.807, 2.05) is 4.57 Å². The molecular weight excluding hydrogens is 468 g/mol. The van der Waals surface area contributed by atoms with E-state index in [0.717, 1.165) is 76.2 Å². The highest BCUT2D eigenvalue weighted by atomic mass is 32.2. The summed E-state index contributed by atoms with van der Waals surface area (Å²) in [6, 6.07) is 5.24. The first-order valence-electron chi connectivity index (χ1n) is 12.2. The van der Waals surface area contributed by atoms with Crippen LogP contribution in [0.15, 0.2) is 28.0 Å². The largest absolute Gasteiger partial charge is 0.497 e. The van der Waals surface area contributed by atoms with Gasteiger partial charge in [-0.2, -0.15) is 4.98 Å². The number of ether oxygens (including phenoxy) is 3. The summed E-state index contributed by atoms with van der Waals surface area (Å²) in [7, 11) is 3.13. The van der Waals surface area contributed by atoms with Gasteiger partial charge in [0.25, 0.3) is 0 Å². The van der Waals surface area contributed by atoms with Crippen LogP contribution < -0.4 is 20.5 Å². The van der Waals surface area contributed by atoms with Crippen molar-refractivity contribution in [2.24, 2.45) is 0 Å². The molecule has 2 aromatic rings. The number of nitrogens with one attached hydrogen (secondary N) is 1. The van der Waals surface area contributed by atoms with Crippen LogP contribution in [0.3, 0.4) is 0 Å². The molecular formula is C25H34N4O5S. The van der Waals surface area contributed by atoms with Crippen LogP contribution in [-0.4, -0.2) is 73.2 Å². The number of thioether (sulfide) groups is 1. The second kappa shape index (κ2) is 12.4. The number of methoxy groups -OCH3 is 2. The topological polar surface area (TPSA) is 94.9 Å². The fourth-order valence-electron chi connectivity index (χ4n) is 4.61. The summed E-state index contributed by atoms with van der Waals surface area (Å²) >= 11 is 1.32. The van der Waals surface area contributed by atoms with Gasteiger partial charge in [0.15, 0.2) is 0 Å². The first-order valence-corrected chi connectivity index (χ1v) is 13.1. The number of aromatic nitrogens is 2. The minimum absolute atomic E-state index is 0.153. The van der Waals surface area contributed by atoms with E-state index in [1.54, 1.807) is 32.4 Å². The smallest absolute Gasteiger partial charge is 0.348 e. The van der Waals surface area contributed by atoms with Crippen molar-refractivity contribution in [1.82, 2.24) is 14.5 Å². The summed E-state index contributed by atoms with van der Waals surface area (Å²) in [5.74, 6) is 1.14. The van der Waals surface area contributed by atoms with E-state index >= 15 is 0 Å². The Morgan fingerprint density at radius 3 is 2.71 bits per heavy atom. The lowest BCUT2D eigenvalue weighted by molar-refractivity contribution is -0.113. The van der Waals surface area contributed by atoms with Crippen molar-refractivity contribution < 1.29 is 19.0 Å². The van der Waals surface area contributed by atoms with Gasteiger partial charge in [0, 0.05) is 43.5 Å². The zero-order valence-electron chi connectivity index (χ0n) is 20.5. The van der Waals surface area contributed by atoms with E-state index in [-0.39, 0.29) is 17.3 Å². The predicted octanol–water partition coefficient (Wildman–Crippen LogP) is 2.59. The van der Waals surface area contributed by atoms with Gasteiger partial charge in [-0.15, -0.1) is 0 Å². The average Bonchev–Trinajstić information content (AvgIpc) is 2.89. The standard InChI is InChI=1S/C25H34N4O5S/c1-32-18-8-9-22(33-2)20(16-18)26-23(30)17-35-24-19-6-3-4-7-21(19)29(25(31)27-24)11-5-10-28-12-14-34-15-13-28/h8-9,16H,3-7,10-15,17H2,1-2H3,(H,26,30). The van der Waals surface area contributed by atoms with E-state index in [1.165, 1.54) is 11.8 Å². The Bertz CT molecular complexity index is 1080. The first kappa shape index (κ1) is 25.5. The second-order valence-electron chi connectivity index (χ2n) is 8.69. The van der Waals surface area contributed by atoms with Crippen molar-refractivity contribution >= 4 is 23.4 Å². The lowest BCUT2D eigenvalue weighted by Crippen LogP contribution is -2.38. The Morgan fingerprint density at radius 1 is 1.14 bits per heavy atom. The van der Waals surface area contributed by atoms with E-state index < -0.39 is 0 Å². The van der Waals surface area contributed by atoms with Crippen molar-refractivity contribution in [3.05, 3.63) is 39.9 Å². The van der Waals surface area contributed by atoms with E-state index in [0.29, 0.717) is 28.8 Å². The minimum atomic E-state index is -0.218. The summed E-state index contributed by atoms with van der Waals surface area (Å²) < 4.78 is 17.9. The van der Waals surface area contributed by atoms with Gasteiger partial charge in [0.2, 0.25) is 5.91 Å². The predicted molar refractivity (Wildman–Crippen MR) is 136 cm³/mol. The number of benzene rings is 1. The highest BCUT2D eigenvalue weighted by Crippen LogP contribution is 2.31. The lowest BCUT2D eigenvalue weighted by atomic mass is 9.97. The van der Waals surface area contributed by atoms with Gasteiger partial charge in [-0.3, -0.25) is 14.3 Å². The number of rotatable bonds is 10. The van der Waals surface area contributed by atoms with Crippen LogP contribution in [0.1, 0.15) is 30.5 Å². The van der Waals surface area contributed by atoms with Gasteiger partial charge < -0.3 is 19.5 Å². The monoisotopic (exact) mass is 502 g/mol. The van der Waals surface area contributed by atoms with Crippen LogP contribution in [0, 0.1) is 0 Å². The number of carbonyl (C=O) groups excluding carboxylic acids is 1. The molecule has 2 heterocycles. The molecule has 0 spiro atoms. The number of carbonyl (C=O) groups is 1. The number of nitrogens with zero attached hydrogens (tertiary/aromatic N) is 3. The molecule has 190 valence electrons. The van der Waals surface area contributed by atoms with Gasteiger partial charge in [-0.1, -0.05) is 11.8 Å². The zero-order chi connectivity index (χ0) is 24.6. The SMILES string of the molecule is COc1ccc(OC)c(NC(=O)CSc2nc(=O)n(CCCN3CCOCC3)c3c2CCCC3)c1. The van der Waals surface area contributed by atoms with Crippen LogP contribution in [0.2, 0.25) is 0 Å². The Morgan fingerprint density at radius 2 is 1.94 bits per heavy atom. The van der Waals surface area contributed by atoms with Crippen LogP contribution in [0.25, 0.3) is 0 Å². The van der Waals surface area contributed by atoms with Crippen LogP contribution in [0.5, 0.6) is 11.5 Å². The molecule has 35 heavy (non-hydrogen) atoms. The molecule has 1 saturated heterocycles. The highest BCUT2D eigenvalue weighted by molar-refractivity contribution is 8.00. The second-order valence-corrected chi connectivity index (χ2v) is 9.66. The van der Waals surface area contributed by atoms with Gasteiger partial charge in [0.05, 0.1) is 38.9 Å². The summed E-state index contributed by atoms with van der Waals surface area (Å²) in [6.45, 7) is 5.08. The van der Waals surface area contributed by atoms with Gasteiger partial charge in [0.1, 0.15) is 16.5 Å². The maximum atomic E-state index is 13.0. The Balaban J connectivity index is 1.42. The molecule has 0 bridgehead atoms. The van der Waals surface area contributed by atoms with Crippen LogP contribution in [-0.2, 0) is 28.9 Å². The third kappa shape index (κ3) is 6.56. The Hall–Kier alpha value is -2.56. The molecule has 0 saturated carbocycles.